The number of aromatic nitrogens is 1. The van der Waals surface area contributed by atoms with Gasteiger partial charge in [-0.2, -0.15) is 0 Å². The lowest BCUT2D eigenvalue weighted by molar-refractivity contribution is -0.127. The van der Waals surface area contributed by atoms with Crippen molar-refractivity contribution < 1.29 is 9.59 Å². The number of nitrogens with zero attached hydrogens (tertiary/aromatic N) is 2. The van der Waals surface area contributed by atoms with Crippen LogP contribution in [0.15, 0.2) is 12.3 Å². The van der Waals surface area contributed by atoms with Gasteiger partial charge in [-0.1, -0.05) is 7.96 Å². The van der Waals surface area contributed by atoms with Crippen molar-refractivity contribution in [3.05, 3.63) is 23.4 Å². The monoisotopic (exact) mass is 304 g/mol. The summed E-state index contributed by atoms with van der Waals surface area (Å²) >= 11 is 0. The lowest BCUT2D eigenvalue weighted by Gasteiger charge is -2.25. The number of likely N-dealkylation sites (N-methyl/N-ethyl adjacent to an activating group) is 1. The van der Waals surface area contributed by atoms with Crippen molar-refractivity contribution in [1.29, 1.82) is 0 Å². The predicted molar refractivity (Wildman–Crippen MR) is 79.3 cm³/mol. The van der Waals surface area contributed by atoms with Crippen LogP contribution in [-0.4, -0.2) is 28.7 Å². The molecule has 17 heavy (non-hydrogen) atoms. The Hall–Kier alpha value is 0.01000. The molecule has 4 atom stereocenters. The van der Waals surface area contributed by atoms with Crippen LogP contribution < -0.4 is 5.44 Å². The van der Waals surface area contributed by atoms with E-state index in [1.165, 1.54) is 11.9 Å². The summed E-state index contributed by atoms with van der Waals surface area (Å²) in [4.78, 5) is 29.2. The first-order valence-corrected chi connectivity index (χ1v) is 11.5. The molecule has 8 heteroatoms. The Morgan fingerprint density at radius 3 is 2.88 bits per heavy atom. The molecule has 90 valence electrons. The van der Waals surface area contributed by atoms with Crippen LogP contribution in [0.3, 0.4) is 0 Å². The largest absolute Gasteiger partial charge is 0.281 e. The fraction of sp³-hybridized carbons (Fsp3) is 0.222. The molecule has 1 aromatic rings. The lowest BCUT2D eigenvalue weighted by Crippen LogP contribution is -2.42. The molecule has 0 radical (unpaired) electrons. The summed E-state index contributed by atoms with van der Waals surface area (Å²) in [6, 6.07) is 1.77. The van der Waals surface area contributed by atoms with Crippen molar-refractivity contribution in [3.8, 4) is 0 Å². The molecule has 0 saturated carbocycles. The van der Waals surface area contributed by atoms with Crippen LogP contribution in [0.5, 0.6) is 0 Å². The zero-order chi connectivity index (χ0) is 12.6. The maximum Gasteiger partial charge on any atom is 0.262 e. The van der Waals surface area contributed by atoms with Crippen molar-refractivity contribution in [2.24, 2.45) is 0 Å². The van der Waals surface area contributed by atoms with Crippen LogP contribution >= 0.6 is 33.1 Å². The van der Waals surface area contributed by atoms with E-state index in [4.69, 9.17) is 0 Å². The molecule has 0 aromatic carbocycles. The molecule has 4 nitrogen and oxygen atoms in total. The van der Waals surface area contributed by atoms with E-state index in [-0.39, 0.29) is 11.8 Å². The van der Waals surface area contributed by atoms with Gasteiger partial charge in [0.15, 0.2) is 0 Å². The van der Waals surface area contributed by atoms with E-state index < -0.39 is 7.30 Å². The van der Waals surface area contributed by atoms with E-state index >= 15 is 0 Å². The van der Waals surface area contributed by atoms with Gasteiger partial charge in [0.1, 0.15) is 0 Å². The SMILES string of the molecule is CN1C(=O)Cc2ccnc(P(P)PP)c2C1=O. The molecule has 2 rings (SSSR count). The molecule has 0 aliphatic carbocycles. The van der Waals surface area contributed by atoms with Crippen LogP contribution in [0.2, 0.25) is 0 Å². The van der Waals surface area contributed by atoms with Gasteiger partial charge >= 0.3 is 0 Å². The van der Waals surface area contributed by atoms with E-state index in [0.717, 1.165) is 11.0 Å². The first kappa shape index (κ1) is 13.4. The second-order valence-corrected chi connectivity index (χ2v) is 12.7. The smallest absolute Gasteiger partial charge is 0.262 e. The van der Waals surface area contributed by atoms with Gasteiger partial charge in [0, 0.05) is 13.2 Å². The first-order valence-electron chi connectivity index (χ1n) is 4.86. The summed E-state index contributed by atoms with van der Waals surface area (Å²) in [6.45, 7) is 0. The third kappa shape index (κ3) is 2.42. The molecule has 0 bridgehead atoms. The Labute approximate surface area is 107 Å². The van der Waals surface area contributed by atoms with Crippen LogP contribution in [0.4, 0.5) is 0 Å². The number of pyridine rings is 1. The minimum atomic E-state index is -0.511. The average molecular weight is 304 g/mol. The minimum Gasteiger partial charge on any atom is -0.281 e. The summed E-state index contributed by atoms with van der Waals surface area (Å²) in [5, 5.41) is 0. The van der Waals surface area contributed by atoms with Gasteiger partial charge < -0.3 is 0 Å². The topological polar surface area (TPSA) is 50.3 Å². The van der Waals surface area contributed by atoms with E-state index in [2.05, 4.69) is 22.8 Å². The number of amides is 2. The molecule has 2 amide bonds. The number of carbonyl (C=O) groups excluding carboxylic acids is 2. The summed E-state index contributed by atoms with van der Waals surface area (Å²) in [5.41, 5.74) is 2.27. The maximum atomic E-state index is 12.1. The van der Waals surface area contributed by atoms with Gasteiger partial charge in [0.05, 0.1) is 17.4 Å². The van der Waals surface area contributed by atoms with Crippen molar-refractivity contribution in [3.63, 3.8) is 0 Å². The van der Waals surface area contributed by atoms with E-state index in [9.17, 15) is 9.59 Å². The van der Waals surface area contributed by atoms with E-state index in [0.29, 0.717) is 19.9 Å². The summed E-state index contributed by atoms with van der Waals surface area (Å²) < 4.78 is 0. The molecule has 4 unspecified atom stereocenters. The molecular formula is C9H12N2O2P4. The number of fused-ring (bicyclic) bond motifs is 1. The molecule has 1 aliphatic rings. The molecular weight excluding hydrogens is 292 g/mol. The van der Waals surface area contributed by atoms with Gasteiger partial charge in [-0.15, -0.1) is 17.9 Å². The van der Waals surface area contributed by atoms with Gasteiger partial charge in [-0.05, 0) is 18.9 Å². The number of carbonyl (C=O) groups is 2. The summed E-state index contributed by atoms with van der Waals surface area (Å²) in [7, 11) is 7.09. The second-order valence-electron chi connectivity index (χ2n) is 3.60. The fourth-order valence-corrected chi connectivity index (χ4v) is 5.03. The maximum absolute atomic E-state index is 12.1. The van der Waals surface area contributed by atoms with Crippen LogP contribution in [-0.2, 0) is 11.2 Å². The summed E-state index contributed by atoms with van der Waals surface area (Å²) in [6.07, 6.45) is 1.98. The van der Waals surface area contributed by atoms with Crippen molar-refractivity contribution >= 4 is 50.4 Å². The van der Waals surface area contributed by atoms with Gasteiger partial charge in [0.25, 0.3) is 5.91 Å². The van der Waals surface area contributed by atoms with E-state index in [1.54, 1.807) is 12.3 Å². The Morgan fingerprint density at radius 2 is 2.24 bits per heavy atom. The zero-order valence-electron chi connectivity index (χ0n) is 9.17. The first-order chi connectivity index (χ1) is 8.06. The average Bonchev–Trinajstić information content (AvgIpc) is 2.34. The van der Waals surface area contributed by atoms with Gasteiger partial charge in [-0.25, -0.2) is 0 Å². The quantitative estimate of drug-likeness (QED) is 0.615. The zero-order valence-corrected chi connectivity index (χ0v) is 13.4. The molecule has 1 aromatic heterocycles. The Kier molecular flexibility index (Phi) is 4.22. The van der Waals surface area contributed by atoms with Crippen molar-refractivity contribution in [2.75, 3.05) is 7.05 Å². The Balaban J connectivity index is 2.57. The van der Waals surface area contributed by atoms with Gasteiger partial charge in [-0.3, -0.25) is 19.5 Å². The van der Waals surface area contributed by atoms with Crippen LogP contribution in [0.1, 0.15) is 15.9 Å². The highest BCUT2D eigenvalue weighted by atomic mass is 32.6. The normalized spacial score (nSPS) is 17.7. The molecule has 0 saturated heterocycles. The van der Waals surface area contributed by atoms with Crippen LogP contribution in [0, 0.1) is 0 Å². The van der Waals surface area contributed by atoms with Crippen molar-refractivity contribution in [1.82, 2.24) is 9.88 Å². The molecule has 0 spiro atoms. The standard InChI is InChI=1S/C9H12N2O2P4/c1-11-6(12)4-5-2-3-10-8(17(15)16-14)7(5)9(11)13/h2-3,16H,4,14-15H2,1H3. The third-order valence-corrected chi connectivity index (χ3v) is 12.4. The van der Waals surface area contributed by atoms with E-state index in [1.807, 2.05) is 0 Å². The molecule has 2 heterocycles. The highest BCUT2D eigenvalue weighted by Gasteiger charge is 2.31. The Bertz CT molecular complexity index is 494. The number of hydrogen-bond acceptors (Lipinski definition) is 3. The third-order valence-electron chi connectivity index (χ3n) is 2.62. The van der Waals surface area contributed by atoms with Gasteiger partial charge in [0.2, 0.25) is 5.91 Å². The number of rotatable bonds is 2. The predicted octanol–water partition coefficient (Wildman–Crippen LogP) is 1.52. The fourth-order valence-electron chi connectivity index (χ4n) is 1.68. The molecule has 0 N–H and O–H groups in total. The minimum absolute atomic E-state index is 0.152. The number of imide groups is 1. The highest BCUT2D eigenvalue weighted by molar-refractivity contribution is 8.63. The Morgan fingerprint density at radius 1 is 1.53 bits per heavy atom. The second kappa shape index (κ2) is 5.33. The van der Waals surface area contributed by atoms with Crippen molar-refractivity contribution in [2.45, 2.75) is 6.42 Å². The molecule has 1 aliphatic heterocycles. The summed E-state index contributed by atoms with van der Waals surface area (Å²) in [5.74, 6) is -0.376. The number of hydrogen-bond donors (Lipinski definition) is 0. The molecule has 0 fully saturated rings. The highest BCUT2D eigenvalue weighted by Crippen LogP contribution is 2.65. The lowest BCUT2D eigenvalue weighted by atomic mass is 10.0. The van der Waals surface area contributed by atoms with Crippen LogP contribution in [0.25, 0.3) is 0 Å².